The van der Waals surface area contributed by atoms with E-state index in [1.54, 1.807) is 26.0 Å². The standard InChI is InChI=1S/C16H14N2O4S/c1-9-4-5-11(22-9)6-7-13(19)18-15-12(8-17)10(2)14(23-15)16(20)21-3/h4-7H,1-3H3,(H,18,19). The summed E-state index contributed by atoms with van der Waals surface area (Å²) in [5.74, 6) is 0.337. The zero-order valence-electron chi connectivity index (χ0n) is 12.8. The Bertz CT molecular complexity index is 824. The lowest BCUT2D eigenvalue weighted by molar-refractivity contribution is -0.111. The minimum absolute atomic E-state index is 0.256. The van der Waals surface area contributed by atoms with Gasteiger partial charge >= 0.3 is 5.97 Å². The number of anilines is 1. The van der Waals surface area contributed by atoms with Crippen LogP contribution in [0.4, 0.5) is 5.00 Å². The number of aryl methyl sites for hydroxylation is 1. The van der Waals surface area contributed by atoms with Crippen molar-refractivity contribution in [3.8, 4) is 6.07 Å². The second kappa shape index (κ2) is 6.94. The molecule has 0 saturated heterocycles. The molecule has 1 amide bonds. The van der Waals surface area contributed by atoms with E-state index >= 15 is 0 Å². The zero-order valence-corrected chi connectivity index (χ0v) is 13.6. The Morgan fingerprint density at radius 3 is 2.70 bits per heavy atom. The Morgan fingerprint density at radius 1 is 1.39 bits per heavy atom. The van der Waals surface area contributed by atoms with Gasteiger partial charge in [-0.15, -0.1) is 11.3 Å². The first-order valence-corrected chi connectivity index (χ1v) is 7.45. The number of thiophene rings is 1. The molecule has 2 aromatic rings. The highest BCUT2D eigenvalue weighted by Crippen LogP contribution is 2.32. The normalized spacial score (nSPS) is 10.5. The first kappa shape index (κ1) is 16.5. The van der Waals surface area contributed by atoms with Crippen LogP contribution in [-0.4, -0.2) is 19.0 Å². The summed E-state index contributed by atoms with van der Waals surface area (Å²) in [7, 11) is 1.26. The highest BCUT2D eigenvalue weighted by molar-refractivity contribution is 7.18. The molecule has 0 aliphatic heterocycles. The first-order chi connectivity index (χ1) is 11.0. The largest absolute Gasteiger partial charge is 0.465 e. The molecule has 6 nitrogen and oxygen atoms in total. The second-order valence-corrected chi connectivity index (χ2v) is 5.66. The fourth-order valence-corrected chi connectivity index (χ4v) is 2.96. The van der Waals surface area contributed by atoms with E-state index in [4.69, 9.17) is 4.42 Å². The lowest BCUT2D eigenvalue weighted by atomic mass is 10.2. The van der Waals surface area contributed by atoms with Gasteiger partial charge in [-0.05, 0) is 37.6 Å². The number of nitrogens with zero attached hydrogens (tertiary/aromatic N) is 1. The molecule has 0 bridgehead atoms. The summed E-state index contributed by atoms with van der Waals surface area (Å²) in [5.41, 5.74) is 0.747. The molecule has 1 N–H and O–H groups in total. The Labute approximate surface area is 137 Å². The van der Waals surface area contributed by atoms with Crippen LogP contribution in [0, 0.1) is 25.2 Å². The topological polar surface area (TPSA) is 92.3 Å². The highest BCUT2D eigenvalue weighted by atomic mass is 32.1. The summed E-state index contributed by atoms with van der Waals surface area (Å²) >= 11 is 1.01. The minimum Gasteiger partial charge on any atom is -0.465 e. The number of rotatable bonds is 4. The molecule has 2 rings (SSSR count). The number of hydrogen-bond donors (Lipinski definition) is 1. The van der Waals surface area contributed by atoms with E-state index in [-0.39, 0.29) is 5.56 Å². The van der Waals surface area contributed by atoms with Gasteiger partial charge in [0, 0.05) is 6.08 Å². The van der Waals surface area contributed by atoms with Crippen molar-refractivity contribution in [3.63, 3.8) is 0 Å². The van der Waals surface area contributed by atoms with Crippen LogP contribution >= 0.6 is 11.3 Å². The molecule has 2 aromatic heterocycles. The second-order valence-electron chi connectivity index (χ2n) is 4.63. The Kier molecular flexibility index (Phi) is 4.98. The molecule has 23 heavy (non-hydrogen) atoms. The van der Waals surface area contributed by atoms with Gasteiger partial charge in [-0.1, -0.05) is 0 Å². The van der Waals surface area contributed by atoms with E-state index in [9.17, 15) is 14.9 Å². The summed E-state index contributed by atoms with van der Waals surface area (Å²) in [6.45, 7) is 3.44. The first-order valence-electron chi connectivity index (χ1n) is 6.63. The number of furan rings is 1. The molecular weight excluding hydrogens is 316 g/mol. The van der Waals surface area contributed by atoms with Crippen LogP contribution in [0.25, 0.3) is 6.08 Å². The van der Waals surface area contributed by atoms with Gasteiger partial charge in [0.1, 0.15) is 27.5 Å². The summed E-state index contributed by atoms with van der Waals surface area (Å²) in [6, 6.07) is 5.52. The van der Waals surface area contributed by atoms with Gasteiger partial charge in [0.2, 0.25) is 5.91 Å². The van der Waals surface area contributed by atoms with Gasteiger partial charge in [0.25, 0.3) is 0 Å². The fourth-order valence-electron chi connectivity index (χ4n) is 1.88. The van der Waals surface area contributed by atoms with Crippen LogP contribution in [-0.2, 0) is 9.53 Å². The van der Waals surface area contributed by atoms with Crippen molar-refractivity contribution >= 4 is 34.3 Å². The SMILES string of the molecule is COC(=O)c1sc(NC(=O)C=Cc2ccc(C)o2)c(C#N)c1C. The van der Waals surface area contributed by atoms with E-state index in [1.165, 1.54) is 19.3 Å². The van der Waals surface area contributed by atoms with E-state index in [0.717, 1.165) is 17.1 Å². The average Bonchev–Trinajstić information content (AvgIpc) is 3.08. The predicted octanol–water partition coefficient (Wildman–Crippen LogP) is 3.27. The third-order valence-corrected chi connectivity index (χ3v) is 4.21. The Balaban J connectivity index is 2.19. The van der Waals surface area contributed by atoms with Crippen molar-refractivity contribution in [3.05, 3.63) is 45.7 Å². The van der Waals surface area contributed by atoms with E-state index < -0.39 is 11.9 Å². The molecule has 0 spiro atoms. The number of carbonyl (C=O) groups is 2. The predicted molar refractivity (Wildman–Crippen MR) is 86.2 cm³/mol. The van der Waals surface area contributed by atoms with Crippen LogP contribution in [0.5, 0.6) is 0 Å². The van der Waals surface area contributed by atoms with Crippen molar-refractivity contribution in [2.24, 2.45) is 0 Å². The van der Waals surface area contributed by atoms with Crippen molar-refractivity contribution < 1.29 is 18.7 Å². The molecule has 118 valence electrons. The summed E-state index contributed by atoms with van der Waals surface area (Å²) in [4.78, 5) is 23.9. The van der Waals surface area contributed by atoms with Gasteiger partial charge in [0.15, 0.2) is 0 Å². The Hall–Kier alpha value is -2.85. The van der Waals surface area contributed by atoms with Crippen LogP contribution in [0.1, 0.15) is 32.3 Å². The number of carbonyl (C=O) groups excluding carboxylic acids is 2. The molecule has 0 aromatic carbocycles. The lowest BCUT2D eigenvalue weighted by Gasteiger charge is -1.98. The number of methoxy groups -OCH3 is 1. The third-order valence-electron chi connectivity index (χ3n) is 3.03. The highest BCUT2D eigenvalue weighted by Gasteiger charge is 2.21. The summed E-state index contributed by atoms with van der Waals surface area (Å²) in [6.07, 6.45) is 2.82. The number of nitrogens with one attached hydrogen (secondary N) is 1. The maximum atomic E-state index is 12.0. The lowest BCUT2D eigenvalue weighted by Crippen LogP contribution is -2.07. The molecule has 7 heteroatoms. The van der Waals surface area contributed by atoms with Crippen LogP contribution in [0.15, 0.2) is 22.6 Å². The minimum atomic E-state index is -0.536. The third kappa shape index (κ3) is 3.67. The maximum Gasteiger partial charge on any atom is 0.348 e. The molecule has 0 aliphatic rings. The molecular formula is C16H14N2O4S. The van der Waals surface area contributed by atoms with Crippen LogP contribution in [0.2, 0.25) is 0 Å². The van der Waals surface area contributed by atoms with Crippen molar-refractivity contribution in [1.29, 1.82) is 5.26 Å². The quantitative estimate of drug-likeness (QED) is 0.686. The Morgan fingerprint density at radius 2 is 2.13 bits per heavy atom. The number of nitriles is 1. The van der Waals surface area contributed by atoms with Gasteiger partial charge < -0.3 is 14.5 Å². The molecule has 0 fully saturated rings. The van der Waals surface area contributed by atoms with Crippen LogP contribution < -0.4 is 5.32 Å². The van der Waals surface area contributed by atoms with Gasteiger partial charge in [-0.3, -0.25) is 4.79 Å². The van der Waals surface area contributed by atoms with Gasteiger partial charge in [-0.25, -0.2) is 4.79 Å². The van der Waals surface area contributed by atoms with Gasteiger partial charge in [0.05, 0.1) is 12.7 Å². The van der Waals surface area contributed by atoms with Crippen molar-refractivity contribution in [1.82, 2.24) is 0 Å². The van der Waals surface area contributed by atoms with E-state index in [1.807, 2.05) is 6.07 Å². The number of ether oxygens (including phenoxy) is 1. The summed E-state index contributed by atoms with van der Waals surface area (Å²) < 4.78 is 9.99. The molecule has 0 radical (unpaired) electrons. The van der Waals surface area contributed by atoms with Gasteiger partial charge in [-0.2, -0.15) is 5.26 Å². The monoisotopic (exact) mass is 330 g/mol. The molecule has 2 heterocycles. The average molecular weight is 330 g/mol. The van der Waals surface area contributed by atoms with Crippen LogP contribution in [0.3, 0.4) is 0 Å². The molecule has 0 saturated carbocycles. The molecule has 0 atom stereocenters. The number of hydrogen-bond acceptors (Lipinski definition) is 6. The molecule has 0 unspecified atom stereocenters. The zero-order chi connectivity index (χ0) is 17.0. The smallest absolute Gasteiger partial charge is 0.348 e. The van der Waals surface area contributed by atoms with E-state index in [0.29, 0.717) is 21.2 Å². The molecule has 0 aliphatic carbocycles. The van der Waals surface area contributed by atoms with E-state index in [2.05, 4.69) is 10.1 Å². The number of esters is 1. The number of amides is 1. The fraction of sp³-hybridized carbons (Fsp3) is 0.188. The van der Waals surface area contributed by atoms with Crippen molar-refractivity contribution in [2.75, 3.05) is 12.4 Å². The summed E-state index contributed by atoms with van der Waals surface area (Å²) in [5, 5.41) is 12.1. The van der Waals surface area contributed by atoms with Crippen molar-refractivity contribution in [2.45, 2.75) is 13.8 Å². The maximum absolute atomic E-state index is 12.0.